The molecule has 0 N–H and O–H groups in total. The van der Waals surface area contributed by atoms with Gasteiger partial charge in [-0.15, -0.1) is 0 Å². The van der Waals surface area contributed by atoms with Gasteiger partial charge >= 0.3 is 0 Å². The zero-order valence-corrected chi connectivity index (χ0v) is 14.1. The van der Waals surface area contributed by atoms with E-state index in [2.05, 4.69) is 0 Å². The van der Waals surface area contributed by atoms with E-state index in [-0.39, 0.29) is 11.6 Å². The Morgan fingerprint density at radius 3 is 1.19 bits per heavy atom. The molecular weight excluding hydrogens is 320 g/mol. The van der Waals surface area contributed by atoms with Crippen molar-refractivity contribution in [3.8, 4) is 0 Å². The van der Waals surface area contributed by atoms with Crippen LogP contribution >= 0.6 is 0 Å². The number of fused-ring (bicyclic) bond motifs is 1. The normalized spacial score (nSPS) is 16.8. The Labute approximate surface area is 152 Å². The van der Waals surface area contributed by atoms with Crippen LogP contribution in [0.15, 0.2) is 96.1 Å². The maximum absolute atomic E-state index is 13.1. The van der Waals surface area contributed by atoms with Crippen LogP contribution in [-0.2, 0) is 0 Å². The summed E-state index contributed by atoms with van der Waals surface area (Å²) in [6.07, 6.45) is 3.59. The van der Waals surface area contributed by atoms with Gasteiger partial charge in [0.05, 0.1) is 0 Å². The number of rotatable bonds is 2. The fourth-order valence-electron chi connectivity index (χ4n) is 3.13. The molecule has 0 aromatic heterocycles. The van der Waals surface area contributed by atoms with Crippen molar-refractivity contribution in [1.82, 2.24) is 0 Å². The monoisotopic (exact) mass is 336 g/mol. The number of carbonyl (C=O) groups is 2. The van der Waals surface area contributed by atoms with E-state index in [4.69, 9.17) is 0 Å². The molecule has 0 aliphatic heterocycles. The second-order valence-electron chi connectivity index (χ2n) is 6.14. The van der Waals surface area contributed by atoms with E-state index >= 15 is 0 Å². The van der Waals surface area contributed by atoms with E-state index < -0.39 is 0 Å². The third-order valence-electron chi connectivity index (χ3n) is 4.42. The van der Waals surface area contributed by atoms with E-state index in [1.54, 1.807) is 36.4 Å². The van der Waals surface area contributed by atoms with E-state index in [0.717, 1.165) is 11.1 Å². The average molecular weight is 336 g/mol. The van der Waals surface area contributed by atoms with Crippen molar-refractivity contribution in [1.29, 1.82) is 0 Å². The molecule has 2 nitrogen and oxygen atoms in total. The molecule has 3 aromatic carbocycles. The van der Waals surface area contributed by atoms with Crippen LogP contribution in [0.1, 0.15) is 31.8 Å². The predicted molar refractivity (Wildman–Crippen MR) is 104 cm³/mol. The SMILES string of the molecule is O=C1C(=Cc2ccccc2)C(=Cc2ccccc2)C(=O)c2ccccc21. The van der Waals surface area contributed by atoms with Gasteiger partial charge in [-0.1, -0.05) is 84.9 Å². The van der Waals surface area contributed by atoms with E-state index in [0.29, 0.717) is 22.3 Å². The zero-order valence-electron chi connectivity index (χ0n) is 14.1. The van der Waals surface area contributed by atoms with Gasteiger partial charge in [0.25, 0.3) is 0 Å². The molecule has 3 aromatic rings. The first kappa shape index (κ1) is 16.0. The molecule has 0 bridgehead atoms. The fourth-order valence-corrected chi connectivity index (χ4v) is 3.13. The van der Waals surface area contributed by atoms with Gasteiger partial charge < -0.3 is 0 Å². The molecule has 0 spiro atoms. The van der Waals surface area contributed by atoms with Gasteiger partial charge in [0, 0.05) is 22.3 Å². The van der Waals surface area contributed by atoms with Crippen molar-refractivity contribution in [3.05, 3.63) is 118 Å². The minimum atomic E-state index is -0.119. The van der Waals surface area contributed by atoms with Crippen LogP contribution in [0.2, 0.25) is 0 Å². The Hall–Kier alpha value is -3.52. The molecule has 0 heterocycles. The average Bonchev–Trinajstić information content (AvgIpc) is 2.70. The molecule has 0 saturated heterocycles. The summed E-state index contributed by atoms with van der Waals surface area (Å²) in [6.45, 7) is 0. The van der Waals surface area contributed by atoms with Gasteiger partial charge in [0.2, 0.25) is 0 Å². The molecule has 0 saturated carbocycles. The van der Waals surface area contributed by atoms with Crippen molar-refractivity contribution in [3.63, 3.8) is 0 Å². The zero-order chi connectivity index (χ0) is 17.9. The van der Waals surface area contributed by atoms with E-state index in [1.807, 2.05) is 60.7 Å². The molecule has 1 aliphatic rings. The third-order valence-corrected chi connectivity index (χ3v) is 4.42. The number of carbonyl (C=O) groups excluding carboxylic acids is 2. The van der Waals surface area contributed by atoms with E-state index in [1.165, 1.54) is 0 Å². The summed E-state index contributed by atoms with van der Waals surface area (Å²) in [7, 11) is 0. The summed E-state index contributed by atoms with van der Waals surface area (Å²) >= 11 is 0. The van der Waals surface area contributed by atoms with Crippen LogP contribution in [0.3, 0.4) is 0 Å². The molecule has 0 fully saturated rings. The molecule has 0 radical (unpaired) electrons. The second-order valence-corrected chi connectivity index (χ2v) is 6.14. The summed E-state index contributed by atoms with van der Waals surface area (Å²) < 4.78 is 0. The molecule has 0 unspecified atom stereocenters. The van der Waals surface area contributed by atoms with Crippen LogP contribution in [0.4, 0.5) is 0 Å². The number of hydrogen-bond donors (Lipinski definition) is 0. The largest absolute Gasteiger partial charge is 0.289 e. The lowest BCUT2D eigenvalue weighted by Gasteiger charge is -2.19. The van der Waals surface area contributed by atoms with Gasteiger partial charge in [-0.25, -0.2) is 0 Å². The molecule has 124 valence electrons. The molecule has 26 heavy (non-hydrogen) atoms. The van der Waals surface area contributed by atoms with Crippen molar-refractivity contribution in [2.75, 3.05) is 0 Å². The molecule has 0 amide bonds. The number of Topliss-reactive ketones (excluding diaryl/α,β-unsaturated/α-hetero) is 2. The first-order chi connectivity index (χ1) is 12.7. The Morgan fingerprint density at radius 1 is 0.462 bits per heavy atom. The van der Waals surface area contributed by atoms with Gasteiger partial charge in [0.1, 0.15) is 0 Å². The molecule has 0 atom stereocenters. The highest BCUT2D eigenvalue weighted by Crippen LogP contribution is 2.32. The summed E-state index contributed by atoms with van der Waals surface area (Å²) in [5.74, 6) is -0.238. The third kappa shape index (κ3) is 2.93. The lowest BCUT2D eigenvalue weighted by atomic mass is 9.80. The van der Waals surface area contributed by atoms with Crippen molar-refractivity contribution >= 4 is 23.7 Å². The maximum Gasteiger partial charge on any atom is 0.194 e. The Morgan fingerprint density at radius 2 is 0.808 bits per heavy atom. The Bertz CT molecular complexity index is 955. The summed E-state index contributed by atoms with van der Waals surface area (Å²) in [5.41, 5.74) is 3.58. The minimum absolute atomic E-state index is 0.119. The van der Waals surface area contributed by atoms with E-state index in [9.17, 15) is 9.59 Å². The van der Waals surface area contributed by atoms with Gasteiger partial charge in [-0.3, -0.25) is 9.59 Å². The van der Waals surface area contributed by atoms with Crippen LogP contribution in [-0.4, -0.2) is 11.6 Å². The number of allylic oxidation sites excluding steroid dienone is 2. The topological polar surface area (TPSA) is 34.1 Å². The highest BCUT2D eigenvalue weighted by atomic mass is 16.1. The molecular formula is C24H16O2. The first-order valence-electron chi connectivity index (χ1n) is 8.46. The standard InChI is InChI=1S/C24H16O2/c25-23-19-13-7-8-14-20(19)24(26)22(16-18-11-5-2-6-12-18)21(23)15-17-9-3-1-4-10-17/h1-16H. The lowest BCUT2D eigenvalue weighted by Crippen LogP contribution is -2.22. The van der Waals surface area contributed by atoms with Gasteiger partial charge in [-0.2, -0.15) is 0 Å². The maximum atomic E-state index is 13.1. The van der Waals surface area contributed by atoms with Crippen LogP contribution in [0, 0.1) is 0 Å². The molecule has 2 heteroatoms. The minimum Gasteiger partial charge on any atom is -0.289 e. The highest BCUT2D eigenvalue weighted by molar-refractivity contribution is 6.33. The van der Waals surface area contributed by atoms with Crippen molar-refractivity contribution in [2.24, 2.45) is 0 Å². The summed E-state index contributed by atoms with van der Waals surface area (Å²) in [5, 5.41) is 0. The number of ketones is 2. The van der Waals surface area contributed by atoms with Crippen molar-refractivity contribution in [2.45, 2.75) is 0 Å². The van der Waals surface area contributed by atoms with Crippen LogP contribution < -0.4 is 0 Å². The lowest BCUT2D eigenvalue weighted by molar-refractivity contribution is 0.0974. The summed E-state index contributed by atoms with van der Waals surface area (Å²) in [6, 6.07) is 26.2. The Kier molecular flexibility index (Phi) is 4.16. The van der Waals surface area contributed by atoms with Crippen LogP contribution in [0.25, 0.3) is 12.2 Å². The summed E-state index contributed by atoms with van der Waals surface area (Å²) in [4.78, 5) is 26.2. The van der Waals surface area contributed by atoms with Crippen molar-refractivity contribution < 1.29 is 9.59 Å². The first-order valence-corrected chi connectivity index (χ1v) is 8.46. The molecule has 4 rings (SSSR count). The smallest absolute Gasteiger partial charge is 0.194 e. The molecule has 1 aliphatic carbocycles. The second kappa shape index (κ2) is 6.77. The number of benzene rings is 3. The Balaban J connectivity index is 1.93. The number of hydrogen-bond acceptors (Lipinski definition) is 2. The highest BCUT2D eigenvalue weighted by Gasteiger charge is 2.32. The predicted octanol–water partition coefficient (Wildman–Crippen LogP) is 5.23. The van der Waals surface area contributed by atoms with Gasteiger partial charge in [0.15, 0.2) is 11.6 Å². The van der Waals surface area contributed by atoms with Gasteiger partial charge in [-0.05, 0) is 23.3 Å². The van der Waals surface area contributed by atoms with Crippen LogP contribution in [0.5, 0.6) is 0 Å². The quantitative estimate of drug-likeness (QED) is 0.600. The fraction of sp³-hybridized carbons (Fsp3) is 0.